The third-order valence-electron chi connectivity index (χ3n) is 3.09. The molecular formula is C16H13ClN4O5. The maximum absolute atomic E-state index is 11.7. The molecule has 0 aliphatic carbocycles. The van der Waals surface area contributed by atoms with Crippen LogP contribution in [0.15, 0.2) is 47.6 Å². The molecule has 2 aromatic rings. The summed E-state index contributed by atoms with van der Waals surface area (Å²) in [5.74, 6) is -1.83. The number of methoxy groups -OCH3 is 1. The molecule has 0 spiro atoms. The van der Waals surface area contributed by atoms with Crippen LogP contribution in [-0.4, -0.2) is 30.1 Å². The number of ether oxygens (including phenoxy) is 1. The summed E-state index contributed by atoms with van der Waals surface area (Å²) in [5, 5.41) is 17.4. The van der Waals surface area contributed by atoms with Crippen molar-refractivity contribution in [3.8, 4) is 5.75 Å². The quantitative estimate of drug-likeness (QED) is 0.359. The highest BCUT2D eigenvalue weighted by molar-refractivity contribution is 6.39. The lowest BCUT2D eigenvalue weighted by Gasteiger charge is -2.04. The third kappa shape index (κ3) is 5.02. The average molecular weight is 377 g/mol. The van der Waals surface area contributed by atoms with Gasteiger partial charge in [0, 0.05) is 22.3 Å². The molecule has 2 amide bonds. The molecule has 2 N–H and O–H groups in total. The van der Waals surface area contributed by atoms with E-state index in [2.05, 4.69) is 10.4 Å². The zero-order valence-corrected chi connectivity index (χ0v) is 14.2. The number of amides is 2. The standard InChI is InChI=1S/C16H13ClN4O5/c1-26-14-7-2-10(8-13(14)21(24)25)9-18-20-16(23)15(22)19-12-5-3-11(17)4-6-12/h2-9H,1H3,(H,19,22)(H,20,23)/b18-9-. The summed E-state index contributed by atoms with van der Waals surface area (Å²) >= 11 is 5.73. The fourth-order valence-electron chi connectivity index (χ4n) is 1.87. The van der Waals surface area contributed by atoms with Crippen LogP contribution in [0.4, 0.5) is 11.4 Å². The number of halogens is 1. The fraction of sp³-hybridized carbons (Fsp3) is 0.0625. The molecule has 0 radical (unpaired) electrons. The van der Waals surface area contributed by atoms with Crippen LogP contribution < -0.4 is 15.5 Å². The molecule has 0 aliphatic heterocycles. The average Bonchev–Trinajstić information content (AvgIpc) is 2.63. The Morgan fingerprint density at radius 3 is 2.50 bits per heavy atom. The molecule has 0 aromatic heterocycles. The number of nitrogens with zero attached hydrogens (tertiary/aromatic N) is 2. The van der Waals surface area contributed by atoms with Gasteiger partial charge in [0.05, 0.1) is 18.2 Å². The maximum Gasteiger partial charge on any atom is 0.329 e. The molecule has 10 heteroatoms. The van der Waals surface area contributed by atoms with Crippen molar-refractivity contribution < 1.29 is 19.2 Å². The van der Waals surface area contributed by atoms with Gasteiger partial charge >= 0.3 is 17.5 Å². The normalized spacial score (nSPS) is 10.4. The Bertz CT molecular complexity index is 867. The Hall–Kier alpha value is -3.46. The van der Waals surface area contributed by atoms with Crippen molar-refractivity contribution >= 4 is 41.0 Å². The number of rotatable bonds is 5. The highest BCUT2D eigenvalue weighted by Crippen LogP contribution is 2.26. The Kier molecular flexibility index (Phi) is 6.23. The second kappa shape index (κ2) is 8.58. The fourth-order valence-corrected chi connectivity index (χ4v) is 1.99. The first kappa shape index (κ1) is 18.9. The van der Waals surface area contributed by atoms with Gasteiger partial charge < -0.3 is 10.1 Å². The number of nitro benzene ring substituents is 1. The number of hydrogen-bond acceptors (Lipinski definition) is 6. The van der Waals surface area contributed by atoms with Crippen LogP contribution in [0.5, 0.6) is 5.75 Å². The summed E-state index contributed by atoms with van der Waals surface area (Å²) in [6.45, 7) is 0. The van der Waals surface area contributed by atoms with Crippen LogP contribution in [0.25, 0.3) is 0 Å². The first-order chi connectivity index (χ1) is 12.4. The van der Waals surface area contributed by atoms with Crippen molar-refractivity contribution in [2.24, 2.45) is 5.10 Å². The van der Waals surface area contributed by atoms with Crippen molar-refractivity contribution in [1.82, 2.24) is 5.43 Å². The van der Waals surface area contributed by atoms with E-state index >= 15 is 0 Å². The van der Waals surface area contributed by atoms with E-state index in [-0.39, 0.29) is 11.4 Å². The second-order valence-electron chi connectivity index (χ2n) is 4.85. The Labute approximate surface area is 152 Å². The van der Waals surface area contributed by atoms with E-state index in [1.54, 1.807) is 12.1 Å². The molecular weight excluding hydrogens is 364 g/mol. The zero-order valence-electron chi connectivity index (χ0n) is 13.4. The SMILES string of the molecule is COc1ccc(/C=N\NC(=O)C(=O)Nc2ccc(Cl)cc2)cc1[N+](=O)[O-]. The first-order valence-electron chi connectivity index (χ1n) is 7.13. The van der Waals surface area contributed by atoms with Crippen LogP contribution >= 0.6 is 11.6 Å². The van der Waals surface area contributed by atoms with E-state index in [9.17, 15) is 19.7 Å². The summed E-state index contributed by atoms with van der Waals surface area (Å²) in [5.41, 5.74) is 2.52. The lowest BCUT2D eigenvalue weighted by molar-refractivity contribution is -0.385. The molecule has 26 heavy (non-hydrogen) atoms. The van der Waals surface area contributed by atoms with Crippen molar-refractivity contribution in [3.05, 3.63) is 63.2 Å². The van der Waals surface area contributed by atoms with Gasteiger partial charge in [0.1, 0.15) is 0 Å². The van der Waals surface area contributed by atoms with Crippen molar-refractivity contribution in [3.63, 3.8) is 0 Å². The molecule has 0 bridgehead atoms. The molecule has 2 rings (SSSR count). The topological polar surface area (TPSA) is 123 Å². The van der Waals surface area contributed by atoms with Gasteiger partial charge in [-0.2, -0.15) is 5.10 Å². The highest BCUT2D eigenvalue weighted by Gasteiger charge is 2.15. The summed E-state index contributed by atoms with van der Waals surface area (Å²) < 4.78 is 4.88. The predicted molar refractivity (Wildman–Crippen MR) is 95.5 cm³/mol. The summed E-state index contributed by atoms with van der Waals surface area (Å²) in [4.78, 5) is 33.8. The van der Waals surface area contributed by atoms with E-state index in [1.807, 2.05) is 5.43 Å². The van der Waals surface area contributed by atoms with Crippen molar-refractivity contribution in [2.45, 2.75) is 0 Å². The molecule has 0 heterocycles. The number of anilines is 1. The molecule has 0 saturated heterocycles. The Balaban J connectivity index is 1.97. The van der Waals surface area contributed by atoms with Crippen molar-refractivity contribution in [2.75, 3.05) is 12.4 Å². The summed E-state index contributed by atoms with van der Waals surface area (Å²) in [7, 11) is 1.32. The van der Waals surface area contributed by atoms with E-state index in [1.165, 1.54) is 43.7 Å². The molecule has 134 valence electrons. The van der Waals surface area contributed by atoms with Crippen molar-refractivity contribution in [1.29, 1.82) is 0 Å². The van der Waals surface area contributed by atoms with E-state index < -0.39 is 16.7 Å². The zero-order chi connectivity index (χ0) is 19.1. The van der Waals surface area contributed by atoms with Gasteiger partial charge in [-0.3, -0.25) is 19.7 Å². The minimum Gasteiger partial charge on any atom is -0.490 e. The Morgan fingerprint density at radius 2 is 1.88 bits per heavy atom. The van der Waals surface area contributed by atoms with Crippen LogP contribution in [0.1, 0.15) is 5.56 Å². The number of carbonyl (C=O) groups excluding carboxylic acids is 2. The van der Waals surface area contributed by atoms with Crippen LogP contribution in [-0.2, 0) is 9.59 Å². The highest BCUT2D eigenvalue weighted by atomic mass is 35.5. The lowest BCUT2D eigenvalue weighted by atomic mass is 10.2. The molecule has 9 nitrogen and oxygen atoms in total. The van der Waals surface area contributed by atoms with Crippen LogP contribution in [0, 0.1) is 10.1 Å². The first-order valence-corrected chi connectivity index (χ1v) is 7.51. The number of hydrazone groups is 1. The summed E-state index contributed by atoms with van der Waals surface area (Å²) in [6, 6.07) is 10.3. The van der Waals surface area contributed by atoms with E-state index in [0.717, 1.165) is 0 Å². The minimum atomic E-state index is -1.00. The number of nitro groups is 1. The van der Waals surface area contributed by atoms with Gasteiger partial charge in [-0.05, 0) is 36.4 Å². The van der Waals surface area contributed by atoms with Gasteiger partial charge in [-0.1, -0.05) is 11.6 Å². The minimum absolute atomic E-state index is 0.0959. The number of nitrogens with one attached hydrogen (secondary N) is 2. The van der Waals surface area contributed by atoms with Gasteiger partial charge in [0.25, 0.3) is 0 Å². The smallest absolute Gasteiger partial charge is 0.329 e. The molecule has 0 aliphatic rings. The number of hydrogen-bond donors (Lipinski definition) is 2. The molecule has 0 fully saturated rings. The third-order valence-corrected chi connectivity index (χ3v) is 3.34. The second-order valence-corrected chi connectivity index (χ2v) is 5.28. The molecule has 0 saturated carbocycles. The largest absolute Gasteiger partial charge is 0.490 e. The predicted octanol–water partition coefficient (Wildman–Crippen LogP) is 2.35. The van der Waals surface area contributed by atoms with Crippen LogP contribution in [0.3, 0.4) is 0 Å². The van der Waals surface area contributed by atoms with E-state index in [4.69, 9.17) is 16.3 Å². The van der Waals surface area contributed by atoms with Crippen LogP contribution in [0.2, 0.25) is 5.02 Å². The molecule has 0 atom stereocenters. The molecule has 0 unspecified atom stereocenters. The summed E-state index contributed by atoms with van der Waals surface area (Å²) in [6.07, 6.45) is 1.17. The lowest BCUT2D eigenvalue weighted by Crippen LogP contribution is -2.32. The van der Waals surface area contributed by atoms with Gasteiger partial charge in [-0.25, -0.2) is 5.43 Å². The number of carbonyl (C=O) groups is 2. The van der Waals surface area contributed by atoms with E-state index in [0.29, 0.717) is 16.3 Å². The van der Waals surface area contributed by atoms with Gasteiger partial charge in [0.15, 0.2) is 5.75 Å². The van der Waals surface area contributed by atoms with Gasteiger partial charge in [0.2, 0.25) is 0 Å². The monoisotopic (exact) mass is 376 g/mol. The Morgan fingerprint density at radius 1 is 1.19 bits per heavy atom. The molecule has 2 aromatic carbocycles. The number of benzene rings is 2. The van der Waals surface area contributed by atoms with Gasteiger partial charge in [-0.15, -0.1) is 0 Å². The maximum atomic E-state index is 11.7.